The van der Waals surface area contributed by atoms with E-state index in [2.05, 4.69) is 23.5 Å². The Morgan fingerprint density at radius 1 is 1.32 bits per heavy atom. The number of thioether (sulfide) groups is 1. The van der Waals surface area contributed by atoms with Gasteiger partial charge < -0.3 is 5.32 Å². The molecule has 1 saturated heterocycles. The molecule has 0 aromatic heterocycles. The molecule has 0 spiro atoms. The van der Waals surface area contributed by atoms with Gasteiger partial charge in [0.05, 0.1) is 22.8 Å². The average molecular weight is 339 g/mol. The van der Waals surface area contributed by atoms with Crippen molar-refractivity contribution in [2.75, 3.05) is 17.3 Å². The number of nitrogens with one attached hydrogen (secondary N) is 1. The van der Waals surface area contributed by atoms with Crippen LogP contribution in [0.15, 0.2) is 23.1 Å². The summed E-state index contributed by atoms with van der Waals surface area (Å²) in [6.45, 7) is 1.81. The summed E-state index contributed by atoms with van der Waals surface area (Å²) in [4.78, 5) is 13.2. The summed E-state index contributed by atoms with van der Waals surface area (Å²) in [5.41, 5.74) is 2.23. The number of amides is 1. The lowest BCUT2D eigenvalue weighted by atomic mass is 10.0. The predicted molar refractivity (Wildman–Crippen MR) is 89.0 cm³/mol. The van der Waals surface area contributed by atoms with Gasteiger partial charge in [-0.25, -0.2) is 8.42 Å². The Labute approximate surface area is 136 Å². The molecule has 22 heavy (non-hydrogen) atoms. The van der Waals surface area contributed by atoms with E-state index in [0.29, 0.717) is 12.2 Å². The van der Waals surface area contributed by atoms with Gasteiger partial charge in [0, 0.05) is 4.90 Å². The van der Waals surface area contributed by atoms with Crippen molar-refractivity contribution in [1.82, 2.24) is 5.32 Å². The van der Waals surface area contributed by atoms with Crippen LogP contribution in [0.1, 0.15) is 30.9 Å². The summed E-state index contributed by atoms with van der Waals surface area (Å²) in [6.07, 6.45) is 4.01. The third-order valence-electron chi connectivity index (χ3n) is 4.38. The minimum absolute atomic E-state index is 0.0508. The quantitative estimate of drug-likeness (QED) is 0.852. The maximum Gasteiger partial charge on any atom is 0.230 e. The van der Waals surface area contributed by atoms with Crippen LogP contribution in [0.2, 0.25) is 0 Å². The molecule has 0 radical (unpaired) electrons. The molecule has 4 nitrogen and oxygen atoms in total. The molecule has 1 atom stereocenters. The van der Waals surface area contributed by atoms with Gasteiger partial charge in [-0.3, -0.25) is 4.79 Å². The first kappa shape index (κ1) is 15.9. The molecular weight excluding hydrogens is 318 g/mol. The van der Waals surface area contributed by atoms with Crippen molar-refractivity contribution >= 4 is 27.5 Å². The van der Waals surface area contributed by atoms with Crippen molar-refractivity contribution in [3.8, 4) is 0 Å². The van der Waals surface area contributed by atoms with Crippen molar-refractivity contribution in [3.05, 3.63) is 29.3 Å². The Hall–Kier alpha value is -1.01. The molecule has 1 heterocycles. The number of rotatable bonds is 4. The van der Waals surface area contributed by atoms with Crippen LogP contribution < -0.4 is 5.32 Å². The first-order valence-corrected chi connectivity index (χ1v) is 10.4. The maximum absolute atomic E-state index is 12.1. The fourth-order valence-corrected chi connectivity index (χ4v) is 6.12. The lowest BCUT2D eigenvalue weighted by Gasteiger charge is -2.23. The number of benzene rings is 1. The highest BCUT2D eigenvalue weighted by atomic mass is 32.2. The average Bonchev–Trinajstić information content (AvgIpc) is 3.00. The van der Waals surface area contributed by atoms with Crippen LogP contribution in [-0.4, -0.2) is 37.1 Å². The summed E-state index contributed by atoms with van der Waals surface area (Å²) < 4.78 is 23.1. The highest BCUT2D eigenvalue weighted by molar-refractivity contribution is 8.00. The number of carbonyl (C=O) groups is 1. The van der Waals surface area contributed by atoms with Crippen molar-refractivity contribution in [3.63, 3.8) is 0 Å². The zero-order chi connectivity index (χ0) is 15.8. The van der Waals surface area contributed by atoms with Crippen LogP contribution in [0.25, 0.3) is 0 Å². The van der Waals surface area contributed by atoms with E-state index in [1.54, 1.807) is 0 Å². The first-order valence-electron chi connectivity index (χ1n) is 7.61. The van der Waals surface area contributed by atoms with Crippen LogP contribution in [0.4, 0.5) is 0 Å². The number of hydrogen-bond acceptors (Lipinski definition) is 4. The smallest absolute Gasteiger partial charge is 0.230 e. The molecule has 1 unspecified atom stereocenters. The standard InChI is InChI=1S/C16H21NO3S2/c1-16(7-8-22(19,20)11-16)17-15(18)10-21-14-6-5-12-3-2-4-13(12)9-14/h5-6,9H,2-4,7-8,10-11H2,1H3,(H,17,18). The molecular formula is C16H21NO3S2. The fraction of sp³-hybridized carbons (Fsp3) is 0.562. The zero-order valence-corrected chi connectivity index (χ0v) is 14.4. The van der Waals surface area contributed by atoms with E-state index in [1.165, 1.54) is 29.3 Å². The number of fused-ring (bicyclic) bond motifs is 1. The van der Waals surface area contributed by atoms with Crippen LogP contribution in [0.5, 0.6) is 0 Å². The second-order valence-corrected chi connectivity index (χ2v) is 9.76. The third-order valence-corrected chi connectivity index (χ3v) is 7.28. The van der Waals surface area contributed by atoms with Gasteiger partial charge in [-0.1, -0.05) is 6.07 Å². The molecule has 1 aliphatic carbocycles. The van der Waals surface area contributed by atoms with Gasteiger partial charge in [-0.15, -0.1) is 11.8 Å². The van der Waals surface area contributed by atoms with E-state index in [-0.39, 0.29) is 17.4 Å². The largest absolute Gasteiger partial charge is 0.349 e. The molecule has 1 aliphatic heterocycles. The molecule has 6 heteroatoms. The lowest BCUT2D eigenvalue weighted by Crippen LogP contribution is -2.47. The predicted octanol–water partition coefficient (Wildman–Crippen LogP) is 1.96. The highest BCUT2D eigenvalue weighted by Gasteiger charge is 2.39. The van der Waals surface area contributed by atoms with Gasteiger partial charge in [0.2, 0.25) is 5.91 Å². The highest BCUT2D eigenvalue weighted by Crippen LogP contribution is 2.28. The van der Waals surface area contributed by atoms with Gasteiger partial charge in [0.25, 0.3) is 0 Å². The SMILES string of the molecule is CC1(NC(=O)CSc2ccc3c(c2)CCC3)CCS(=O)(=O)C1. The number of aryl methyl sites for hydroxylation is 2. The normalized spacial score (nSPS) is 25.9. The molecule has 1 amide bonds. The molecule has 2 aliphatic rings. The van der Waals surface area contributed by atoms with E-state index in [0.717, 1.165) is 17.7 Å². The van der Waals surface area contributed by atoms with Crippen LogP contribution in [0, 0.1) is 0 Å². The fourth-order valence-electron chi connectivity index (χ4n) is 3.27. The molecule has 0 bridgehead atoms. The lowest BCUT2D eigenvalue weighted by molar-refractivity contribution is -0.120. The van der Waals surface area contributed by atoms with E-state index in [9.17, 15) is 13.2 Å². The van der Waals surface area contributed by atoms with Crippen molar-refractivity contribution < 1.29 is 13.2 Å². The van der Waals surface area contributed by atoms with Crippen molar-refractivity contribution in [2.24, 2.45) is 0 Å². The molecule has 1 aromatic rings. The molecule has 3 rings (SSSR count). The number of hydrogen-bond donors (Lipinski definition) is 1. The van der Waals surface area contributed by atoms with Gasteiger partial charge in [-0.05, 0) is 55.9 Å². The Morgan fingerprint density at radius 3 is 2.82 bits per heavy atom. The summed E-state index contributed by atoms with van der Waals surface area (Å²) in [5, 5.41) is 2.89. The summed E-state index contributed by atoms with van der Waals surface area (Å²) in [6, 6.07) is 6.42. The number of sulfone groups is 1. The van der Waals surface area contributed by atoms with Crippen molar-refractivity contribution in [2.45, 2.75) is 43.0 Å². The van der Waals surface area contributed by atoms with E-state index in [1.807, 2.05) is 6.92 Å². The second-order valence-electron chi connectivity index (χ2n) is 6.52. The maximum atomic E-state index is 12.1. The Kier molecular flexibility index (Phi) is 4.25. The molecule has 0 saturated carbocycles. The van der Waals surface area contributed by atoms with Gasteiger partial charge in [0.1, 0.15) is 0 Å². The topological polar surface area (TPSA) is 63.2 Å². The van der Waals surface area contributed by atoms with E-state index < -0.39 is 15.4 Å². The number of carbonyl (C=O) groups excluding carboxylic acids is 1. The van der Waals surface area contributed by atoms with Crippen LogP contribution >= 0.6 is 11.8 Å². The second kappa shape index (κ2) is 5.89. The summed E-state index contributed by atoms with van der Waals surface area (Å²) in [5.74, 6) is 0.455. The van der Waals surface area contributed by atoms with Crippen LogP contribution in [-0.2, 0) is 27.5 Å². The summed E-state index contributed by atoms with van der Waals surface area (Å²) in [7, 11) is -3.00. The van der Waals surface area contributed by atoms with Crippen molar-refractivity contribution in [1.29, 1.82) is 0 Å². The van der Waals surface area contributed by atoms with E-state index in [4.69, 9.17) is 0 Å². The van der Waals surface area contributed by atoms with Crippen LogP contribution in [0.3, 0.4) is 0 Å². The molecule has 1 fully saturated rings. The Balaban J connectivity index is 1.54. The van der Waals surface area contributed by atoms with Gasteiger partial charge in [-0.2, -0.15) is 0 Å². The zero-order valence-electron chi connectivity index (χ0n) is 12.7. The molecule has 1 aromatic carbocycles. The van der Waals surface area contributed by atoms with Gasteiger partial charge in [0.15, 0.2) is 9.84 Å². The minimum Gasteiger partial charge on any atom is -0.349 e. The van der Waals surface area contributed by atoms with E-state index >= 15 is 0 Å². The Bertz CT molecular complexity index is 699. The molecule has 1 N–H and O–H groups in total. The van der Waals surface area contributed by atoms with Gasteiger partial charge >= 0.3 is 0 Å². The monoisotopic (exact) mass is 339 g/mol. The summed E-state index contributed by atoms with van der Waals surface area (Å²) >= 11 is 1.52. The Morgan fingerprint density at radius 2 is 2.09 bits per heavy atom. The minimum atomic E-state index is -3.00. The first-order chi connectivity index (χ1) is 10.4. The molecule has 120 valence electrons. The third kappa shape index (κ3) is 3.66.